The van der Waals surface area contributed by atoms with Crippen molar-refractivity contribution in [1.29, 1.82) is 0 Å². The molecule has 6 nitrogen and oxygen atoms in total. The Morgan fingerprint density at radius 3 is 2.88 bits per heavy atom. The molecule has 2 aromatic heterocycles. The Hall–Kier alpha value is -2.24. The topological polar surface area (TPSA) is 80.9 Å². The van der Waals surface area contributed by atoms with E-state index in [4.69, 9.17) is 5.11 Å². The standard InChI is InChI=1S/C11H12N4O2/c1-2-3-8-4-10(13-6-12-8)15-5-9(11(16)17)14-7-15/h4-7H,2-3H2,1H3,(H,16,17). The van der Waals surface area contributed by atoms with E-state index in [9.17, 15) is 4.79 Å². The van der Waals surface area contributed by atoms with E-state index in [0.29, 0.717) is 5.82 Å². The van der Waals surface area contributed by atoms with E-state index in [-0.39, 0.29) is 5.69 Å². The Bertz CT molecular complexity index is 536. The number of imidazole rings is 1. The van der Waals surface area contributed by atoms with Crippen molar-refractivity contribution in [3.63, 3.8) is 0 Å². The first kappa shape index (κ1) is 11.3. The van der Waals surface area contributed by atoms with Crippen LogP contribution in [0.4, 0.5) is 0 Å². The molecule has 0 bridgehead atoms. The lowest BCUT2D eigenvalue weighted by Crippen LogP contribution is -1.99. The first-order chi connectivity index (χ1) is 8.20. The van der Waals surface area contributed by atoms with Crippen molar-refractivity contribution >= 4 is 5.97 Å². The summed E-state index contributed by atoms with van der Waals surface area (Å²) < 4.78 is 1.57. The molecular weight excluding hydrogens is 220 g/mol. The maximum absolute atomic E-state index is 10.7. The van der Waals surface area contributed by atoms with Crippen molar-refractivity contribution in [2.75, 3.05) is 0 Å². The molecule has 0 aromatic carbocycles. The molecule has 0 aliphatic carbocycles. The fourth-order valence-electron chi connectivity index (χ4n) is 1.48. The number of carboxylic acids is 1. The molecule has 2 aromatic rings. The molecule has 0 spiro atoms. The fourth-order valence-corrected chi connectivity index (χ4v) is 1.48. The summed E-state index contributed by atoms with van der Waals surface area (Å²) in [5.41, 5.74) is 0.934. The summed E-state index contributed by atoms with van der Waals surface area (Å²) in [4.78, 5) is 22.7. The molecule has 0 amide bonds. The highest BCUT2D eigenvalue weighted by Gasteiger charge is 2.08. The average molecular weight is 232 g/mol. The van der Waals surface area contributed by atoms with Gasteiger partial charge in [-0.25, -0.2) is 19.7 Å². The number of carbonyl (C=O) groups is 1. The summed E-state index contributed by atoms with van der Waals surface area (Å²) in [6.45, 7) is 2.07. The number of aryl methyl sites for hydroxylation is 1. The third kappa shape index (κ3) is 2.47. The summed E-state index contributed by atoms with van der Waals surface area (Å²) in [7, 11) is 0. The van der Waals surface area contributed by atoms with Crippen LogP contribution >= 0.6 is 0 Å². The van der Waals surface area contributed by atoms with Gasteiger partial charge >= 0.3 is 5.97 Å². The van der Waals surface area contributed by atoms with Gasteiger partial charge in [-0.15, -0.1) is 0 Å². The molecule has 0 aliphatic heterocycles. The van der Waals surface area contributed by atoms with Crippen LogP contribution in [0.1, 0.15) is 29.5 Å². The Labute approximate surface area is 98.0 Å². The van der Waals surface area contributed by atoms with E-state index < -0.39 is 5.97 Å². The minimum absolute atomic E-state index is 0.000605. The zero-order valence-electron chi connectivity index (χ0n) is 9.37. The van der Waals surface area contributed by atoms with Gasteiger partial charge in [0.15, 0.2) is 5.69 Å². The lowest BCUT2D eigenvalue weighted by molar-refractivity contribution is 0.0691. The van der Waals surface area contributed by atoms with Crippen LogP contribution in [0.25, 0.3) is 5.82 Å². The van der Waals surface area contributed by atoms with Gasteiger partial charge in [-0.1, -0.05) is 13.3 Å². The molecule has 0 radical (unpaired) electrons. The second-order valence-corrected chi connectivity index (χ2v) is 3.59. The minimum atomic E-state index is -1.05. The Morgan fingerprint density at radius 1 is 1.41 bits per heavy atom. The van der Waals surface area contributed by atoms with E-state index in [1.807, 2.05) is 6.07 Å². The summed E-state index contributed by atoms with van der Waals surface area (Å²) in [5, 5.41) is 8.78. The molecule has 0 atom stereocenters. The van der Waals surface area contributed by atoms with Crippen LogP contribution in [-0.2, 0) is 6.42 Å². The SMILES string of the molecule is CCCc1cc(-n2cnc(C(=O)O)c2)ncn1. The van der Waals surface area contributed by atoms with Crippen LogP contribution in [0.2, 0.25) is 0 Å². The van der Waals surface area contributed by atoms with Crippen molar-refractivity contribution < 1.29 is 9.90 Å². The van der Waals surface area contributed by atoms with E-state index in [0.717, 1.165) is 18.5 Å². The first-order valence-corrected chi connectivity index (χ1v) is 5.29. The highest BCUT2D eigenvalue weighted by Crippen LogP contribution is 2.08. The molecule has 17 heavy (non-hydrogen) atoms. The van der Waals surface area contributed by atoms with E-state index in [2.05, 4.69) is 21.9 Å². The summed E-state index contributed by atoms with van der Waals surface area (Å²) in [6, 6.07) is 1.83. The quantitative estimate of drug-likeness (QED) is 0.859. The number of aromatic carboxylic acids is 1. The Balaban J connectivity index is 2.31. The van der Waals surface area contributed by atoms with Gasteiger partial charge < -0.3 is 5.11 Å². The predicted octanol–water partition coefficient (Wildman–Crippen LogP) is 1.31. The molecule has 6 heteroatoms. The van der Waals surface area contributed by atoms with Crippen LogP contribution in [0.3, 0.4) is 0 Å². The smallest absolute Gasteiger partial charge is 0.356 e. The second-order valence-electron chi connectivity index (χ2n) is 3.59. The highest BCUT2D eigenvalue weighted by molar-refractivity contribution is 5.85. The third-order valence-electron chi connectivity index (χ3n) is 2.28. The largest absolute Gasteiger partial charge is 0.476 e. The molecule has 0 saturated carbocycles. The van der Waals surface area contributed by atoms with Gasteiger partial charge in [-0.05, 0) is 6.42 Å². The highest BCUT2D eigenvalue weighted by atomic mass is 16.4. The maximum Gasteiger partial charge on any atom is 0.356 e. The van der Waals surface area contributed by atoms with E-state index in [1.54, 1.807) is 4.57 Å². The van der Waals surface area contributed by atoms with Crippen molar-refractivity contribution in [2.24, 2.45) is 0 Å². The summed E-state index contributed by atoms with van der Waals surface area (Å²) >= 11 is 0. The van der Waals surface area contributed by atoms with E-state index in [1.165, 1.54) is 18.9 Å². The van der Waals surface area contributed by atoms with Crippen LogP contribution in [0, 0.1) is 0 Å². The minimum Gasteiger partial charge on any atom is -0.476 e. The van der Waals surface area contributed by atoms with Gasteiger partial charge in [0.1, 0.15) is 18.5 Å². The summed E-state index contributed by atoms with van der Waals surface area (Å²) in [6.07, 6.45) is 6.21. The van der Waals surface area contributed by atoms with Gasteiger partial charge in [0.25, 0.3) is 0 Å². The van der Waals surface area contributed by atoms with Crippen molar-refractivity contribution in [1.82, 2.24) is 19.5 Å². The lowest BCUT2D eigenvalue weighted by Gasteiger charge is -2.02. The Kier molecular flexibility index (Phi) is 3.13. The summed E-state index contributed by atoms with van der Waals surface area (Å²) in [5.74, 6) is -0.421. The zero-order valence-corrected chi connectivity index (χ0v) is 9.37. The average Bonchev–Trinajstić information content (AvgIpc) is 2.79. The number of carboxylic acid groups (broad SMARTS) is 1. The number of hydrogen-bond donors (Lipinski definition) is 1. The monoisotopic (exact) mass is 232 g/mol. The molecule has 0 saturated heterocycles. The molecule has 1 N–H and O–H groups in total. The molecule has 2 heterocycles. The van der Waals surface area contributed by atoms with Gasteiger partial charge in [0, 0.05) is 18.0 Å². The molecule has 88 valence electrons. The normalized spacial score (nSPS) is 10.4. The second kappa shape index (κ2) is 4.73. The number of nitrogens with zero attached hydrogens (tertiary/aromatic N) is 4. The van der Waals surface area contributed by atoms with Gasteiger partial charge in [-0.3, -0.25) is 4.57 Å². The van der Waals surface area contributed by atoms with Crippen molar-refractivity contribution in [2.45, 2.75) is 19.8 Å². The maximum atomic E-state index is 10.7. The van der Waals surface area contributed by atoms with Crippen LogP contribution in [-0.4, -0.2) is 30.6 Å². The van der Waals surface area contributed by atoms with Gasteiger partial charge in [-0.2, -0.15) is 0 Å². The van der Waals surface area contributed by atoms with Crippen LogP contribution < -0.4 is 0 Å². The molecule has 0 fully saturated rings. The number of rotatable bonds is 4. The first-order valence-electron chi connectivity index (χ1n) is 5.29. The van der Waals surface area contributed by atoms with Crippen LogP contribution in [0.5, 0.6) is 0 Å². The zero-order chi connectivity index (χ0) is 12.3. The molecule has 0 unspecified atom stereocenters. The molecule has 2 rings (SSSR count). The molecule has 0 aliphatic rings. The Morgan fingerprint density at radius 2 is 2.24 bits per heavy atom. The van der Waals surface area contributed by atoms with Gasteiger partial charge in [0.2, 0.25) is 0 Å². The van der Waals surface area contributed by atoms with E-state index >= 15 is 0 Å². The third-order valence-corrected chi connectivity index (χ3v) is 2.28. The van der Waals surface area contributed by atoms with Crippen molar-refractivity contribution in [3.05, 3.63) is 36.3 Å². The predicted molar refractivity (Wildman–Crippen MR) is 60.1 cm³/mol. The number of aromatic nitrogens is 4. The lowest BCUT2D eigenvalue weighted by atomic mass is 10.2. The van der Waals surface area contributed by atoms with Gasteiger partial charge in [0.05, 0.1) is 0 Å². The molecular formula is C11H12N4O2. The number of hydrogen-bond acceptors (Lipinski definition) is 4. The van der Waals surface area contributed by atoms with Crippen LogP contribution in [0.15, 0.2) is 24.9 Å². The van der Waals surface area contributed by atoms with Crippen molar-refractivity contribution in [3.8, 4) is 5.82 Å². The fraction of sp³-hybridized carbons (Fsp3) is 0.273.